The van der Waals surface area contributed by atoms with E-state index in [9.17, 15) is 14.4 Å². The van der Waals surface area contributed by atoms with Crippen molar-refractivity contribution in [3.63, 3.8) is 0 Å². The summed E-state index contributed by atoms with van der Waals surface area (Å²) in [5.41, 5.74) is 1.17. The van der Waals surface area contributed by atoms with E-state index in [0.29, 0.717) is 24.2 Å². The van der Waals surface area contributed by atoms with E-state index in [1.807, 2.05) is 0 Å². The Morgan fingerprint density at radius 1 is 1.18 bits per heavy atom. The third-order valence-corrected chi connectivity index (χ3v) is 3.69. The summed E-state index contributed by atoms with van der Waals surface area (Å²) in [7, 11) is 3.40. The number of hydrogen-bond acceptors (Lipinski definition) is 3. The molecule has 22 heavy (non-hydrogen) atoms. The molecule has 1 heterocycles. The van der Waals surface area contributed by atoms with E-state index in [1.165, 1.54) is 11.8 Å². The Balaban J connectivity index is 2.13. The van der Waals surface area contributed by atoms with Gasteiger partial charge in [0.05, 0.1) is 0 Å². The first-order chi connectivity index (χ1) is 10.4. The van der Waals surface area contributed by atoms with E-state index in [1.54, 1.807) is 43.3 Å². The van der Waals surface area contributed by atoms with E-state index in [4.69, 9.17) is 0 Å². The van der Waals surface area contributed by atoms with Gasteiger partial charge in [-0.15, -0.1) is 0 Å². The number of hydrogen-bond donors (Lipinski definition) is 1. The van der Waals surface area contributed by atoms with Gasteiger partial charge in [-0.3, -0.25) is 14.4 Å². The minimum atomic E-state index is -0.377. The highest BCUT2D eigenvalue weighted by Crippen LogP contribution is 2.22. The Hall–Kier alpha value is -2.37. The van der Waals surface area contributed by atoms with Crippen molar-refractivity contribution in [3.8, 4) is 0 Å². The largest absolute Gasteiger partial charge is 0.347 e. The molecule has 0 saturated carbocycles. The molecule has 1 aromatic rings. The number of carbonyl (C=O) groups is 3. The number of amides is 3. The zero-order chi connectivity index (χ0) is 16.3. The van der Waals surface area contributed by atoms with Crippen LogP contribution in [0.1, 0.15) is 30.1 Å². The fraction of sp³-hybridized carbons (Fsp3) is 0.438. The molecule has 118 valence electrons. The van der Waals surface area contributed by atoms with Crippen molar-refractivity contribution in [2.45, 2.75) is 25.8 Å². The second-order valence-corrected chi connectivity index (χ2v) is 5.65. The van der Waals surface area contributed by atoms with Crippen molar-refractivity contribution >= 4 is 23.4 Å². The zero-order valence-electron chi connectivity index (χ0n) is 13.1. The van der Waals surface area contributed by atoms with Gasteiger partial charge in [0.15, 0.2) is 0 Å². The first-order valence-electron chi connectivity index (χ1n) is 7.30. The maximum absolute atomic E-state index is 12.6. The van der Waals surface area contributed by atoms with Crippen molar-refractivity contribution in [2.24, 2.45) is 0 Å². The average Bonchev–Trinajstić information content (AvgIpc) is 2.95. The summed E-state index contributed by atoms with van der Waals surface area (Å²) >= 11 is 0. The lowest BCUT2D eigenvalue weighted by Gasteiger charge is -2.26. The summed E-state index contributed by atoms with van der Waals surface area (Å²) < 4.78 is 0. The summed E-state index contributed by atoms with van der Waals surface area (Å²) in [6.07, 6.45) is 1.53. The van der Waals surface area contributed by atoms with Gasteiger partial charge in [0, 0.05) is 38.8 Å². The fourth-order valence-electron chi connectivity index (χ4n) is 2.63. The fourth-order valence-corrected chi connectivity index (χ4v) is 2.63. The summed E-state index contributed by atoms with van der Waals surface area (Å²) in [5.74, 6) is -0.344. The molecule has 1 aromatic carbocycles. The Labute approximate surface area is 130 Å². The van der Waals surface area contributed by atoms with E-state index < -0.39 is 0 Å². The molecule has 3 amide bonds. The molecule has 1 fully saturated rings. The van der Waals surface area contributed by atoms with Gasteiger partial charge in [0.25, 0.3) is 5.91 Å². The molecule has 1 aliphatic heterocycles. The summed E-state index contributed by atoms with van der Waals surface area (Å²) in [6.45, 7) is 2.03. The number of rotatable bonds is 3. The Bertz CT molecular complexity index is 581. The predicted molar refractivity (Wildman–Crippen MR) is 83.5 cm³/mol. The Morgan fingerprint density at radius 2 is 1.82 bits per heavy atom. The van der Waals surface area contributed by atoms with Crippen LogP contribution < -0.4 is 5.32 Å². The molecule has 0 spiro atoms. The van der Waals surface area contributed by atoms with Crippen molar-refractivity contribution in [3.05, 3.63) is 29.8 Å². The number of likely N-dealkylation sites (N-methyl/N-ethyl adjacent to an activating group) is 1. The van der Waals surface area contributed by atoms with E-state index >= 15 is 0 Å². The predicted octanol–water partition coefficient (Wildman–Crippen LogP) is 1.34. The second kappa shape index (κ2) is 6.60. The van der Waals surface area contributed by atoms with Crippen LogP contribution in [-0.4, -0.2) is 54.2 Å². The minimum Gasteiger partial charge on any atom is -0.347 e. The smallest absolute Gasteiger partial charge is 0.254 e. The van der Waals surface area contributed by atoms with Crippen molar-refractivity contribution < 1.29 is 14.4 Å². The number of benzene rings is 1. The Kier molecular flexibility index (Phi) is 4.80. The lowest BCUT2D eigenvalue weighted by Crippen LogP contribution is -2.45. The van der Waals surface area contributed by atoms with Gasteiger partial charge in [-0.05, 0) is 37.1 Å². The van der Waals surface area contributed by atoms with Crippen LogP contribution in [0.5, 0.6) is 0 Å². The quantitative estimate of drug-likeness (QED) is 0.916. The molecule has 0 radical (unpaired) electrons. The highest BCUT2D eigenvalue weighted by atomic mass is 16.2. The number of anilines is 1. The van der Waals surface area contributed by atoms with E-state index in [-0.39, 0.29) is 23.8 Å². The summed E-state index contributed by atoms with van der Waals surface area (Å²) in [5, 5.41) is 2.66. The molecule has 1 aliphatic rings. The second-order valence-electron chi connectivity index (χ2n) is 5.65. The maximum atomic E-state index is 12.6. The van der Waals surface area contributed by atoms with E-state index in [2.05, 4.69) is 5.32 Å². The highest BCUT2D eigenvalue weighted by Gasteiger charge is 2.35. The van der Waals surface area contributed by atoms with Crippen molar-refractivity contribution in [1.29, 1.82) is 0 Å². The monoisotopic (exact) mass is 303 g/mol. The molecule has 1 atom stereocenters. The lowest BCUT2D eigenvalue weighted by molar-refractivity contribution is -0.132. The van der Waals surface area contributed by atoms with Crippen LogP contribution in [-0.2, 0) is 9.59 Å². The topological polar surface area (TPSA) is 69.7 Å². The number of likely N-dealkylation sites (tertiary alicyclic amines) is 1. The van der Waals surface area contributed by atoms with Crippen LogP contribution in [0.25, 0.3) is 0 Å². The Morgan fingerprint density at radius 3 is 2.36 bits per heavy atom. The molecule has 0 aromatic heterocycles. The first-order valence-corrected chi connectivity index (χ1v) is 7.30. The van der Waals surface area contributed by atoms with Gasteiger partial charge in [-0.2, -0.15) is 0 Å². The van der Waals surface area contributed by atoms with Gasteiger partial charge in [-0.1, -0.05) is 0 Å². The lowest BCUT2D eigenvalue weighted by atomic mass is 10.1. The SMILES string of the molecule is CC(=O)Nc1ccc(C(=O)N2CCCC2C(=O)N(C)C)cc1. The molecule has 1 saturated heterocycles. The van der Waals surface area contributed by atoms with Crippen LogP contribution in [0.2, 0.25) is 0 Å². The number of carbonyl (C=O) groups excluding carboxylic acids is 3. The zero-order valence-corrected chi connectivity index (χ0v) is 13.1. The normalized spacial score (nSPS) is 17.2. The third-order valence-electron chi connectivity index (χ3n) is 3.69. The molecule has 1 N–H and O–H groups in total. The molecule has 0 aliphatic carbocycles. The average molecular weight is 303 g/mol. The molecule has 2 rings (SSSR count). The minimum absolute atomic E-state index is 0.0410. The van der Waals surface area contributed by atoms with Gasteiger partial charge in [0.2, 0.25) is 11.8 Å². The summed E-state index contributed by atoms with van der Waals surface area (Å²) in [4.78, 5) is 38.9. The van der Waals surface area contributed by atoms with Gasteiger partial charge in [0.1, 0.15) is 6.04 Å². The molecule has 0 bridgehead atoms. The van der Waals surface area contributed by atoms with Crippen molar-refractivity contribution in [1.82, 2.24) is 9.80 Å². The van der Waals surface area contributed by atoms with Gasteiger partial charge >= 0.3 is 0 Å². The van der Waals surface area contributed by atoms with Gasteiger partial charge < -0.3 is 15.1 Å². The molecular weight excluding hydrogens is 282 g/mol. The number of nitrogens with one attached hydrogen (secondary N) is 1. The summed E-state index contributed by atoms with van der Waals surface area (Å²) in [6, 6.07) is 6.34. The molecule has 1 unspecified atom stereocenters. The van der Waals surface area contributed by atoms with Crippen LogP contribution in [0.15, 0.2) is 24.3 Å². The van der Waals surface area contributed by atoms with Gasteiger partial charge in [-0.25, -0.2) is 0 Å². The van der Waals surface area contributed by atoms with Crippen LogP contribution in [0.4, 0.5) is 5.69 Å². The molecular formula is C16H21N3O3. The van der Waals surface area contributed by atoms with Crippen molar-refractivity contribution in [2.75, 3.05) is 26.0 Å². The van der Waals surface area contributed by atoms with Crippen LogP contribution in [0, 0.1) is 0 Å². The van der Waals surface area contributed by atoms with E-state index in [0.717, 1.165) is 6.42 Å². The highest BCUT2D eigenvalue weighted by molar-refractivity contribution is 5.98. The van der Waals surface area contributed by atoms with Crippen LogP contribution >= 0.6 is 0 Å². The maximum Gasteiger partial charge on any atom is 0.254 e. The van der Waals surface area contributed by atoms with Crippen LogP contribution in [0.3, 0.4) is 0 Å². The number of nitrogens with zero attached hydrogens (tertiary/aromatic N) is 2. The third kappa shape index (κ3) is 3.44. The standard InChI is InChI=1S/C16H21N3O3/c1-11(20)17-13-8-6-12(7-9-13)15(21)19-10-4-5-14(19)16(22)18(2)3/h6-9,14H,4-5,10H2,1-3H3,(H,17,20). The molecule has 6 nitrogen and oxygen atoms in total. The first kappa shape index (κ1) is 16.0. The molecule has 6 heteroatoms.